The Balaban J connectivity index is 1.68. The molecule has 0 saturated carbocycles. The molecule has 4 rings (SSSR count). The Labute approximate surface area is 188 Å². The third kappa shape index (κ3) is 4.62. The van der Waals surface area contributed by atoms with Crippen LogP contribution < -0.4 is 5.32 Å². The summed E-state index contributed by atoms with van der Waals surface area (Å²) in [6, 6.07) is 26.3. The van der Waals surface area contributed by atoms with Gasteiger partial charge in [0.15, 0.2) is 0 Å². The van der Waals surface area contributed by atoms with Crippen LogP contribution in [0.2, 0.25) is 0 Å². The van der Waals surface area contributed by atoms with Gasteiger partial charge in [0, 0.05) is 6.54 Å². The van der Waals surface area contributed by atoms with Crippen molar-refractivity contribution in [3.8, 4) is 0 Å². The highest BCUT2D eigenvalue weighted by Crippen LogP contribution is 2.28. The molecule has 1 atom stereocenters. The normalized spacial score (nSPS) is 14.4. The summed E-state index contributed by atoms with van der Waals surface area (Å²) >= 11 is 0. The minimum Gasteiger partial charge on any atom is -0.350 e. The van der Waals surface area contributed by atoms with Gasteiger partial charge in [0.2, 0.25) is 5.91 Å². The monoisotopic (exact) mass is 425 g/mol. The molecule has 0 spiro atoms. The number of amides is 2. The van der Waals surface area contributed by atoms with Gasteiger partial charge >= 0.3 is 0 Å². The minimum atomic E-state index is -0.619. The molecular weight excluding hydrogens is 398 g/mol. The van der Waals surface area contributed by atoms with Crippen LogP contribution in [0.15, 0.2) is 89.9 Å². The van der Waals surface area contributed by atoms with E-state index in [0.29, 0.717) is 17.8 Å². The lowest BCUT2D eigenvalue weighted by atomic mass is 9.99. The Morgan fingerprint density at radius 3 is 2.25 bits per heavy atom. The van der Waals surface area contributed by atoms with Gasteiger partial charge in [0.1, 0.15) is 6.04 Å². The van der Waals surface area contributed by atoms with E-state index in [4.69, 9.17) is 4.99 Å². The van der Waals surface area contributed by atoms with Crippen LogP contribution in [-0.2, 0) is 11.3 Å². The standard InChI is InChI=1S/C27H27N3O2/c1-19(2)25(26(31)28-17-20-11-5-3-6-12-20)30-18-24(21-13-7-4-8-14-21)29-23-16-10-9-15-22(23)27(30)32/h3-16,19,25H,17-18H2,1-2H3,(H,28,31). The smallest absolute Gasteiger partial charge is 0.257 e. The van der Waals surface area contributed by atoms with E-state index in [-0.39, 0.29) is 24.3 Å². The van der Waals surface area contributed by atoms with Gasteiger partial charge in [-0.25, -0.2) is 0 Å². The van der Waals surface area contributed by atoms with Crippen molar-refractivity contribution in [1.82, 2.24) is 10.2 Å². The zero-order chi connectivity index (χ0) is 22.5. The summed E-state index contributed by atoms with van der Waals surface area (Å²) in [5.41, 5.74) is 3.87. The zero-order valence-corrected chi connectivity index (χ0v) is 18.4. The summed E-state index contributed by atoms with van der Waals surface area (Å²) in [6.07, 6.45) is 0. The predicted octanol–water partition coefficient (Wildman–Crippen LogP) is 4.60. The fraction of sp³-hybridized carbons (Fsp3) is 0.222. The highest BCUT2D eigenvalue weighted by Gasteiger charge is 2.36. The van der Waals surface area contributed by atoms with E-state index in [0.717, 1.165) is 16.8 Å². The fourth-order valence-corrected chi connectivity index (χ4v) is 4.03. The molecule has 0 aliphatic carbocycles. The molecule has 1 unspecified atom stereocenters. The largest absolute Gasteiger partial charge is 0.350 e. The average molecular weight is 426 g/mol. The lowest BCUT2D eigenvalue weighted by Gasteiger charge is -2.33. The van der Waals surface area contributed by atoms with Gasteiger partial charge in [-0.15, -0.1) is 0 Å². The third-order valence-electron chi connectivity index (χ3n) is 5.62. The maximum atomic E-state index is 13.6. The van der Waals surface area contributed by atoms with Crippen molar-refractivity contribution < 1.29 is 9.59 Å². The zero-order valence-electron chi connectivity index (χ0n) is 18.4. The number of aliphatic imine (C=N–C) groups is 1. The molecule has 1 N–H and O–H groups in total. The Kier molecular flexibility index (Phi) is 6.45. The highest BCUT2D eigenvalue weighted by atomic mass is 16.2. The van der Waals surface area contributed by atoms with Crippen molar-refractivity contribution >= 4 is 23.2 Å². The Bertz CT molecular complexity index is 1120. The minimum absolute atomic E-state index is 0.0722. The van der Waals surface area contributed by atoms with Crippen molar-refractivity contribution in [2.45, 2.75) is 26.4 Å². The Morgan fingerprint density at radius 1 is 0.938 bits per heavy atom. The fourth-order valence-electron chi connectivity index (χ4n) is 4.03. The van der Waals surface area contributed by atoms with Crippen LogP contribution in [0, 0.1) is 5.92 Å². The molecule has 0 fully saturated rings. The van der Waals surface area contributed by atoms with E-state index in [1.807, 2.05) is 92.7 Å². The number of benzene rings is 3. The second kappa shape index (κ2) is 9.60. The van der Waals surface area contributed by atoms with Crippen LogP contribution in [-0.4, -0.2) is 35.0 Å². The molecule has 0 bridgehead atoms. The average Bonchev–Trinajstić information content (AvgIpc) is 2.96. The summed E-state index contributed by atoms with van der Waals surface area (Å²) in [4.78, 5) is 33.4. The predicted molar refractivity (Wildman–Crippen MR) is 127 cm³/mol. The SMILES string of the molecule is CC(C)C(C(=O)NCc1ccccc1)N1CC(c2ccccc2)=Nc2ccccc2C1=O. The van der Waals surface area contributed by atoms with Gasteiger partial charge in [-0.3, -0.25) is 14.6 Å². The van der Waals surface area contributed by atoms with Crippen LogP contribution in [0.3, 0.4) is 0 Å². The van der Waals surface area contributed by atoms with E-state index in [9.17, 15) is 9.59 Å². The van der Waals surface area contributed by atoms with Gasteiger partial charge in [-0.2, -0.15) is 0 Å². The summed E-state index contributed by atoms with van der Waals surface area (Å²) < 4.78 is 0. The maximum Gasteiger partial charge on any atom is 0.257 e. The Hall–Kier alpha value is -3.73. The summed E-state index contributed by atoms with van der Waals surface area (Å²) in [5, 5.41) is 3.02. The molecule has 0 saturated heterocycles. The number of para-hydroxylation sites is 1. The highest BCUT2D eigenvalue weighted by molar-refractivity contribution is 6.11. The Morgan fingerprint density at radius 2 is 1.56 bits per heavy atom. The van der Waals surface area contributed by atoms with E-state index < -0.39 is 6.04 Å². The second-order valence-corrected chi connectivity index (χ2v) is 8.27. The van der Waals surface area contributed by atoms with Crippen molar-refractivity contribution in [2.75, 3.05) is 6.54 Å². The molecule has 162 valence electrons. The van der Waals surface area contributed by atoms with Crippen LogP contribution in [0.1, 0.15) is 35.3 Å². The van der Waals surface area contributed by atoms with Crippen LogP contribution in [0.25, 0.3) is 0 Å². The molecule has 3 aromatic rings. The van der Waals surface area contributed by atoms with Gasteiger partial charge in [0.25, 0.3) is 5.91 Å². The molecule has 5 heteroatoms. The first-order valence-electron chi connectivity index (χ1n) is 10.9. The lowest BCUT2D eigenvalue weighted by Crippen LogP contribution is -2.53. The summed E-state index contributed by atoms with van der Waals surface area (Å²) in [6.45, 7) is 4.62. The van der Waals surface area contributed by atoms with E-state index >= 15 is 0 Å². The number of rotatable bonds is 6. The van der Waals surface area contributed by atoms with Gasteiger partial charge < -0.3 is 10.2 Å². The van der Waals surface area contributed by atoms with Crippen molar-refractivity contribution in [3.05, 3.63) is 102 Å². The van der Waals surface area contributed by atoms with Crippen LogP contribution in [0.4, 0.5) is 5.69 Å². The molecule has 1 aliphatic heterocycles. The molecule has 0 aromatic heterocycles. The molecule has 5 nitrogen and oxygen atoms in total. The summed E-state index contributed by atoms with van der Waals surface area (Å²) in [7, 11) is 0. The van der Waals surface area contributed by atoms with Gasteiger partial charge in [-0.05, 0) is 29.2 Å². The van der Waals surface area contributed by atoms with E-state index in [1.165, 1.54) is 0 Å². The summed E-state index contributed by atoms with van der Waals surface area (Å²) in [5.74, 6) is -0.412. The number of fused-ring (bicyclic) bond motifs is 1. The van der Waals surface area contributed by atoms with Crippen molar-refractivity contribution in [2.24, 2.45) is 10.9 Å². The molecule has 1 heterocycles. The van der Waals surface area contributed by atoms with Crippen LogP contribution >= 0.6 is 0 Å². The first-order chi connectivity index (χ1) is 15.5. The van der Waals surface area contributed by atoms with Crippen LogP contribution in [0.5, 0.6) is 0 Å². The van der Waals surface area contributed by atoms with E-state index in [2.05, 4.69) is 5.32 Å². The number of carbonyl (C=O) groups excluding carboxylic acids is 2. The molecular formula is C27H27N3O2. The van der Waals surface area contributed by atoms with Crippen molar-refractivity contribution in [1.29, 1.82) is 0 Å². The lowest BCUT2D eigenvalue weighted by molar-refractivity contribution is -0.127. The number of hydrogen-bond acceptors (Lipinski definition) is 3. The molecule has 1 aliphatic rings. The van der Waals surface area contributed by atoms with Crippen molar-refractivity contribution in [3.63, 3.8) is 0 Å². The quantitative estimate of drug-likeness (QED) is 0.627. The van der Waals surface area contributed by atoms with Gasteiger partial charge in [0.05, 0.1) is 23.5 Å². The maximum absolute atomic E-state index is 13.6. The third-order valence-corrected chi connectivity index (χ3v) is 5.62. The molecule has 2 amide bonds. The number of nitrogens with one attached hydrogen (secondary N) is 1. The van der Waals surface area contributed by atoms with Gasteiger partial charge in [-0.1, -0.05) is 86.6 Å². The molecule has 0 radical (unpaired) electrons. The number of carbonyl (C=O) groups is 2. The first-order valence-corrected chi connectivity index (χ1v) is 10.9. The number of nitrogens with zero attached hydrogens (tertiary/aromatic N) is 2. The van der Waals surface area contributed by atoms with E-state index in [1.54, 1.807) is 11.0 Å². The number of hydrogen-bond donors (Lipinski definition) is 1. The molecule has 32 heavy (non-hydrogen) atoms. The topological polar surface area (TPSA) is 61.8 Å². The molecule has 3 aromatic carbocycles. The first kappa shape index (κ1) is 21.5. The second-order valence-electron chi connectivity index (χ2n) is 8.27.